The second kappa shape index (κ2) is 4.70. The number of amides is 1. The molecule has 94 valence electrons. The molecule has 0 aliphatic rings. The molecule has 0 spiro atoms. The molecule has 3 rings (SSSR count). The van der Waals surface area contributed by atoms with Gasteiger partial charge in [-0.25, -0.2) is 9.97 Å². The maximum Gasteiger partial charge on any atom is 0.274 e. The van der Waals surface area contributed by atoms with Gasteiger partial charge in [0.05, 0.1) is 22.6 Å². The summed E-state index contributed by atoms with van der Waals surface area (Å²) in [5.41, 5.74) is 2.14. The fourth-order valence-electron chi connectivity index (χ4n) is 1.70. The number of aromatic nitrogens is 3. The minimum Gasteiger partial charge on any atom is -0.343 e. The third-order valence-corrected chi connectivity index (χ3v) is 2.97. The summed E-state index contributed by atoms with van der Waals surface area (Å²) in [6.07, 6.45) is 1.54. The Kier molecular flexibility index (Phi) is 2.89. The fraction of sp³-hybridized carbons (Fsp3) is 0. The predicted molar refractivity (Wildman–Crippen MR) is 73.3 cm³/mol. The normalized spacial score (nSPS) is 10.6. The van der Waals surface area contributed by atoms with Crippen molar-refractivity contribution < 1.29 is 4.79 Å². The lowest BCUT2D eigenvalue weighted by atomic mass is 10.3. The molecule has 0 saturated carbocycles. The van der Waals surface area contributed by atoms with E-state index in [1.807, 2.05) is 0 Å². The predicted octanol–water partition coefficient (Wildman–Crippen LogP) is 2.86. The highest BCUT2D eigenvalue weighted by molar-refractivity contribution is 6.33. The van der Waals surface area contributed by atoms with Crippen molar-refractivity contribution in [3.05, 3.63) is 53.4 Å². The zero-order chi connectivity index (χ0) is 13.2. The maximum absolute atomic E-state index is 12.1. The Balaban J connectivity index is 1.89. The Bertz CT molecular complexity index is 753. The van der Waals surface area contributed by atoms with Crippen LogP contribution in [-0.2, 0) is 0 Å². The van der Waals surface area contributed by atoms with Crippen LogP contribution >= 0.6 is 11.6 Å². The Labute approximate surface area is 113 Å². The number of hydrogen-bond donors (Lipinski definition) is 2. The summed E-state index contributed by atoms with van der Waals surface area (Å²) in [4.78, 5) is 23.2. The van der Waals surface area contributed by atoms with Crippen LogP contribution in [0.25, 0.3) is 11.2 Å². The van der Waals surface area contributed by atoms with Crippen LogP contribution in [0.5, 0.6) is 0 Å². The van der Waals surface area contributed by atoms with E-state index in [1.54, 1.807) is 36.4 Å². The number of hydrogen-bond acceptors (Lipinski definition) is 3. The largest absolute Gasteiger partial charge is 0.343 e. The molecule has 1 aromatic carbocycles. The Morgan fingerprint density at radius 3 is 2.89 bits per heavy atom. The van der Waals surface area contributed by atoms with Crippen molar-refractivity contribution in [2.45, 2.75) is 0 Å². The summed E-state index contributed by atoms with van der Waals surface area (Å²) in [6.45, 7) is 0. The second-order valence-electron chi connectivity index (χ2n) is 3.90. The van der Waals surface area contributed by atoms with E-state index in [9.17, 15) is 4.79 Å². The lowest BCUT2D eigenvalue weighted by Crippen LogP contribution is -2.13. The first-order valence-corrected chi connectivity index (χ1v) is 5.98. The van der Waals surface area contributed by atoms with Crippen LogP contribution in [0.2, 0.25) is 5.02 Å². The third kappa shape index (κ3) is 2.28. The minimum absolute atomic E-state index is 0.291. The Hall–Kier alpha value is -2.40. The number of rotatable bonds is 2. The van der Waals surface area contributed by atoms with Crippen LogP contribution in [0, 0.1) is 0 Å². The van der Waals surface area contributed by atoms with E-state index < -0.39 is 0 Å². The summed E-state index contributed by atoms with van der Waals surface area (Å²) < 4.78 is 0. The number of fused-ring (bicyclic) bond motifs is 1. The molecule has 5 nitrogen and oxygen atoms in total. The highest BCUT2D eigenvalue weighted by Crippen LogP contribution is 2.21. The molecule has 19 heavy (non-hydrogen) atoms. The van der Waals surface area contributed by atoms with Gasteiger partial charge in [0.15, 0.2) is 5.65 Å². The first-order valence-electron chi connectivity index (χ1n) is 5.60. The first-order chi connectivity index (χ1) is 9.24. The maximum atomic E-state index is 12.1. The number of aromatic amines is 1. The number of para-hydroxylation sites is 1. The smallest absolute Gasteiger partial charge is 0.274 e. The number of halogens is 1. The van der Waals surface area contributed by atoms with E-state index in [-0.39, 0.29) is 5.91 Å². The second-order valence-corrected chi connectivity index (χ2v) is 4.31. The molecule has 3 aromatic rings. The molecule has 6 heteroatoms. The van der Waals surface area contributed by atoms with Crippen molar-refractivity contribution >= 4 is 34.4 Å². The molecule has 0 fully saturated rings. The number of nitrogens with one attached hydrogen (secondary N) is 2. The van der Waals surface area contributed by atoms with Crippen molar-refractivity contribution in [3.8, 4) is 0 Å². The lowest BCUT2D eigenvalue weighted by molar-refractivity contribution is 0.102. The lowest BCUT2D eigenvalue weighted by Gasteiger charge is -2.06. The SMILES string of the molecule is O=C(Nc1ccccc1Cl)c1ccc2[nH]cnc2n1. The average molecular weight is 273 g/mol. The van der Waals surface area contributed by atoms with Gasteiger partial charge in [-0.1, -0.05) is 23.7 Å². The molecule has 0 saturated heterocycles. The van der Waals surface area contributed by atoms with Gasteiger partial charge in [-0.3, -0.25) is 4.79 Å². The van der Waals surface area contributed by atoms with Crippen molar-refractivity contribution in [3.63, 3.8) is 0 Å². The van der Waals surface area contributed by atoms with Gasteiger partial charge in [-0.15, -0.1) is 0 Å². The highest BCUT2D eigenvalue weighted by Gasteiger charge is 2.10. The highest BCUT2D eigenvalue weighted by atomic mass is 35.5. The number of benzene rings is 1. The monoisotopic (exact) mass is 272 g/mol. The van der Waals surface area contributed by atoms with E-state index in [4.69, 9.17) is 11.6 Å². The summed E-state index contributed by atoms with van der Waals surface area (Å²) in [5.74, 6) is -0.321. The molecular formula is C13H9ClN4O. The Morgan fingerprint density at radius 2 is 2.05 bits per heavy atom. The molecule has 0 bridgehead atoms. The molecule has 2 N–H and O–H groups in total. The van der Waals surface area contributed by atoms with Gasteiger partial charge >= 0.3 is 0 Å². The van der Waals surface area contributed by atoms with Gasteiger partial charge in [-0.05, 0) is 24.3 Å². The van der Waals surface area contributed by atoms with Gasteiger partial charge in [0, 0.05) is 0 Å². The first kappa shape index (κ1) is 11.7. The molecule has 0 aliphatic carbocycles. The van der Waals surface area contributed by atoms with Crippen molar-refractivity contribution in [2.75, 3.05) is 5.32 Å². The molecule has 0 atom stereocenters. The van der Waals surface area contributed by atoms with Crippen LogP contribution in [0.1, 0.15) is 10.5 Å². The van der Waals surface area contributed by atoms with E-state index >= 15 is 0 Å². The van der Waals surface area contributed by atoms with Crippen LogP contribution in [0.4, 0.5) is 5.69 Å². The number of nitrogens with zero attached hydrogens (tertiary/aromatic N) is 2. The zero-order valence-electron chi connectivity index (χ0n) is 9.72. The molecule has 0 aliphatic heterocycles. The Morgan fingerprint density at radius 1 is 1.21 bits per heavy atom. The van der Waals surface area contributed by atoms with E-state index in [2.05, 4.69) is 20.3 Å². The topological polar surface area (TPSA) is 70.7 Å². The molecular weight excluding hydrogens is 264 g/mol. The number of imidazole rings is 1. The van der Waals surface area contributed by atoms with E-state index in [0.717, 1.165) is 5.52 Å². The minimum atomic E-state index is -0.321. The van der Waals surface area contributed by atoms with Crippen molar-refractivity contribution in [1.82, 2.24) is 15.0 Å². The van der Waals surface area contributed by atoms with Crippen molar-refractivity contribution in [2.24, 2.45) is 0 Å². The van der Waals surface area contributed by atoms with Crippen LogP contribution in [-0.4, -0.2) is 20.9 Å². The summed E-state index contributed by atoms with van der Waals surface area (Å²) in [7, 11) is 0. The van der Waals surface area contributed by atoms with Crippen molar-refractivity contribution in [1.29, 1.82) is 0 Å². The molecule has 1 amide bonds. The van der Waals surface area contributed by atoms with E-state index in [0.29, 0.717) is 22.1 Å². The van der Waals surface area contributed by atoms with Gasteiger partial charge in [-0.2, -0.15) is 0 Å². The van der Waals surface area contributed by atoms with Gasteiger partial charge in [0.2, 0.25) is 0 Å². The number of pyridine rings is 1. The quantitative estimate of drug-likeness (QED) is 0.753. The fourth-order valence-corrected chi connectivity index (χ4v) is 1.88. The number of carbonyl (C=O) groups is 1. The third-order valence-electron chi connectivity index (χ3n) is 2.64. The zero-order valence-corrected chi connectivity index (χ0v) is 10.5. The summed E-state index contributed by atoms with van der Waals surface area (Å²) in [6, 6.07) is 10.4. The molecule has 0 unspecified atom stereocenters. The number of H-pyrrole nitrogens is 1. The van der Waals surface area contributed by atoms with Crippen LogP contribution in [0.3, 0.4) is 0 Å². The summed E-state index contributed by atoms with van der Waals surface area (Å²) >= 11 is 5.98. The molecule has 2 aromatic heterocycles. The number of anilines is 1. The number of carbonyl (C=O) groups excluding carboxylic acids is 1. The average Bonchev–Trinajstić information content (AvgIpc) is 2.88. The molecule has 0 radical (unpaired) electrons. The van der Waals surface area contributed by atoms with Gasteiger partial charge in [0.25, 0.3) is 5.91 Å². The summed E-state index contributed by atoms with van der Waals surface area (Å²) in [5, 5.41) is 3.20. The van der Waals surface area contributed by atoms with Crippen LogP contribution < -0.4 is 5.32 Å². The van der Waals surface area contributed by atoms with Gasteiger partial charge < -0.3 is 10.3 Å². The standard InChI is InChI=1S/C13H9ClN4O/c14-8-3-1-2-4-9(8)18-13(19)11-6-5-10-12(17-11)16-7-15-10/h1-7H,(H,18,19)(H,15,16,17). The van der Waals surface area contributed by atoms with E-state index in [1.165, 1.54) is 6.33 Å². The molecule has 2 heterocycles. The van der Waals surface area contributed by atoms with Crippen LogP contribution in [0.15, 0.2) is 42.7 Å². The van der Waals surface area contributed by atoms with Gasteiger partial charge in [0.1, 0.15) is 5.69 Å².